The Hall–Kier alpha value is -2.02. The minimum absolute atomic E-state index is 0.110. The van der Waals surface area contributed by atoms with Crippen molar-refractivity contribution in [3.05, 3.63) is 29.8 Å². The van der Waals surface area contributed by atoms with E-state index in [9.17, 15) is 14.4 Å². The molecule has 114 valence electrons. The van der Waals surface area contributed by atoms with Crippen LogP contribution in [0.5, 0.6) is 0 Å². The molecular formula is C14H18N2O4S. The highest BCUT2D eigenvalue weighted by molar-refractivity contribution is 8.00. The summed E-state index contributed by atoms with van der Waals surface area (Å²) in [6.45, 7) is 3.62. The molecule has 1 rings (SSSR count). The number of benzene rings is 1. The van der Waals surface area contributed by atoms with Gasteiger partial charge >= 0.3 is 12.0 Å². The number of thioether (sulfide) groups is 1. The summed E-state index contributed by atoms with van der Waals surface area (Å²) in [5.74, 6) is -1.05. The number of imide groups is 1. The van der Waals surface area contributed by atoms with E-state index in [0.717, 1.165) is 10.5 Å². The zero-order valence-corrected chi connectivity index (χ0v) is 12.8. The van der Waals surface area contributed by atoms with Crippen LogP contribution in [0.4, 0.5) is 4.79 Å². The molecule has 2 N–H and O–H groups in total. The van der Waals surface area contributed by atoms with Crippen LogP contribution in [-0.4, -0.2) is 36.8 Å². The van der Waals surface area contributed by atoms with Gasteiger partial charge in [0.2, 0.25) is 0 Å². The van der Waals surface area contributed by atoms with Crippen LogP contribution >= 0.6 is 11.8 Å². The van der Waals surface area contributed by atoms with Crippen molar-refractivity contribution in [3.8, 4) is 0 Å². The van der Waals surface area contributed by atoms with Crippen LogP contribution in [0.1, 0.15) is 12.5 Å². The fourth-order valence-electron chi connectivity index (χ4n) is 1.41. The van der Waals surface area contributed by atoms with E-state index >= 15 is 0 Å². The van der Waals surface area contributed by atoms with Crippen LogP contribution in [0.15, 0.2) is 29.2 Å². The molecule has 3 amide bonds. The Bertz CT molecular complexity index is 519. The molecular weight excluding hydrogens is 292 g/mol. The number of carbonyl (C=O) groups excluding carboxylic acids is 3. The van der Waals surface area contributed by atoms with Crippen molar-refractivity contribution in [3.63, 3.8) is 0 Å². The molecule has 0 aliphatic rings. The average Bonchev–Trinajstić information content (AvgIpc) is 2.44. The molecule has 21 heavy (non-hydrogen) atoms. The maximum absolute atomic E-state index is 11.5. The molecule has 0 aromatic heterocycles. The lowest BCUT2D eigenvalue weighted by molar-refractivity contribution is -0.145. The zero-order valence-electron chi connectivity index (χ0n) is 12.0. The summed E-state index contributed by atoms with van der Waals surface area (Å²) in [5.41, 5.74) is 1.07. The maximum atomic E-state index is 11.5. The number of hydrogen-bond acceptors (Lipinski definition) is 5. The minimum atomic E-state index is -0.657. The predicted molar refractivity (Wildman–Crippen MR) is 80.1 cm³/mol. The van der Waals surface area contributed by atoms with Gasteiger partial charge in [-0.25, -0.2) is 4.79 Å². The fourth-order valence-corrected chi connectivity index (χ4v) is 2.24. The van der Waals surface area contributed by atoms with Gasteiger partial charge in [-0.2, -0.15) is 0 Å². The molecule has 6 nitrogen and oxygen atoms in total. The van der Waals surface area contributed by atoms with Gasteiger partial charge in [0.1, 0.15) is 0 Å². The van der Waals surface area contributed by atoms with Crippen LogP contribution in [0.3, 0.4) is 0 Å². The Kier molecular flexibility index (Phi) is 7.31. The lowest BCUT2D eigenvalue weighted by Crippen LogP contribution is -2.41. The van der Waals surface area contributed by atoms with Gasteiger partial charge in [0.25, 0.3) is 5.91 Å². The summed E-state index contributed by atoms with van der Waals surface area (Å²) < 4.78 is 4.79. The molecule has 0 saturated heterocycles. The summed E-state index contributed by atoms with van der Waals surface area (Å²) in [6.07, 6.45) is 0. The van der Waals surface area contributed by atoms with Gasteiger partial charge < -0.3 is 10.1 Å². The van der Waals surface area contributed by atoms with Gasteiger partial charge in [-0.05, 0) is 25.5 Å². The van der Waals surface area contributed by atoms with Crippen LogP contribution in [0.25, 0.3) is 0 Å². The number of urea groups is 1. The smallest absolute Gasteiger partial charge is 0.321 e. The molecule has 7 heteroatoms. The summed E-state index contributed by atoms with van der Waals surface area (Å²) in [7, 11) is 0. The first-order chi connectivity index (χ1) is 10.0. The number of hydrogen-bond donors (Lipinski definition) is 2. The lowest BCUT2D eigenvalue weighted by atomic mass is 10.2. The molecule has 0 aliphatic carbocycles. The van der Waals surface area contributed by atoms with Gasteiger partial charge in [0.15, 0.2) is 6.61 Å². The highest BCUT2D eigenvalue weighted by Gasteiger charge is 2.11. The molecule has 1 aromatic rings. The highest BCUT2D eigenvalue weighted by atomic mass is 32.2. The van der Waals surface area contributed by atoms with Crippen molar-refractivity contribution in [1.82, 2.24) is 10.6 Å². The molecule has 0 saturated carbocycles. The van der Waals surface area contributed by atoms with Gasteiger partial charge in [-0.15, -0.1) is 11.8 Å². The third kappa shape index (κ3) is 6.80. The molecule has 0 aliphatic heterocycles. The Morgan fingerprint density at radius 2 is 1.95 bits per heavy atom. The molecule has 0 spiro atoms. The summed E-state index contributed by atoms with van der Waals surface area (Å²) >= 11 is 1.34. The normalized spacial score (nSPS) is 9.81. The maximum Gasteiger partial charge on any atom is 0.321 e. The van der Waals surface area contributed by atoms with Crippen molar-refractivity contribution in [2.45, 2.75) is 18.7 Å². The lowest BCUT2D eigenvalue weighted by Gasteiger charge is -2.07. The number of amides is 3. The molecule has 0 unspecified atom stereocenters. The zero-order chi connectivity index (χ0) is 15.7. The summed E-state index contributed by atoms with van der Waals surface area (Å²) in [5, 5.41) is 4.45. The van der Waals surface area contributed by atoms with Crippen LogP contribution in [0, 0.1) is 6.92 Å². The van der Waals surface area contributed by atoms with Crippen molar-refractivity contribution in [1.29, 1.82) is 0 Å². The molecule has 0 fully saturated rings. The third-order valence-corrected chi connectivity index (χ3v) is 3.54. The first-order valence-corrected chi connectivity index (χ1v) is 7.43. The van der Waals surface area contributed by atoms with E-state index in [1.54, 1.807) is 6.92 Å². The van der Waals surface area contributed by atoms with Crippen molar-refractivity contribution < 1.29 is 19.1 Å². The Labute approximate surface area is 127 Å². The van der Waals surface area contributed by atoms with Gasteiger partial charge in [-0.3, -0.25) is 14.9 Å². The average molecular weight is 310 g/mol. The van der Waals surface area contributed by atoms with Gasteiger partial charge in [0.05, 0.1) is 5.75 Å². The van der Waals surface area contributed by atoms with E-state index in [1.807, 2.05) is 36.5 Å². The quantitative estimate of drug-likeness (QED) is 0.614. The summed E-state index contributed by atoms with van der Waals surface area (Å²) in [4.78, 5) is 34.9. The second-order valence-corrected chi connectivity index (χ2v) is 5.14. The third-order valence-electron chi connectivity index (χ3n) is 2.39. The second kappa shape index (κ2) is 9.02. The van der Waals surface area contributed by atoms with E-state index in [-0.39, 0.29) is 5.75 Å². The minimum Gasteiger partial charge on any atom is -0.455 e. The van der Waals surface area contributed by atoms with Crippen molar-refractivity contribution >= 4 is 29.7 Å². The van der Waals surface area contributed by atoms with Crippen LogP contribution in [0.2, 0.25) is 0 Å². The molecule has 0 heterocycles. The van der Waals surface area contributed by atoms with E-state index in [4.69, 9.17) is 4.74 Å². The number of rotatable bonds is 6. The Balaban J connectivity index is 2.27. The second-order valence-electron chi connectivity index (χ2n) is 4.12. The number of esters is 1. The number of carbonyl (C=O) groups is 3. The molecule has 0 atom stereocenters. The van der Waals surface area contributed by atoms with Crippen LogP contribution in [-0.2, 0) is 14.3 Å². The molecule has 1 aromatic carbocycles. The number of ether oxygens (including phenoxy) is 1. The van der Waals surface area contributed by atoms with E-state index in [2.05, 4.69) is 5.32 Å². The summed E-state index contributed by atoms with van der Waals surface area (Å²) in [6, 6.07) is 7.07. The highest BCUT2D eigenvalue weighted by Crippen LogP contribution is 2.21. The van der Waals surface area contributed by atoms with Crippen molar-refractivity contribution in [2.75, 3.05) is 18.9 Å². The topological polar surface area (TPSA) is 84.5 Å². The van der Waals surface area contributed by atoms with E-state index in [1.165, 1.54) is 11.8 Å². The first-order valence-electron chi connectivity index (χ1n) is 6.44. The number of nitrogens with one attached hydrogen (secondary N) is 2. The standard InChI is InChI=1S/C14H18N2O4S/c1-3-15-14(19)16-12(17)8-20-13(18)9-21-11-7-5-4-6-10(11)2/h4-7H,3,8-9H2,1-2H3,(H2,15,16,17,19). The SMILES string of the molecule is CCNC(=O)NC(=O)COC(=O)CSc1ccccc1C. The van der Waals surface area contributed by atoms with E-state index in [0.29, 0.717) is 6.54 Å². The largest absolute Gasteiger partial charge is 0.455 e. The van der Waals surface area contributed by atoms with Gasteiger partial charge in [0, 0.05) is 11.4 Å². The molecule has 0 radical (unpaired) electrons. The van der Waals surface area contributed by atoms with E-state index < -0.39 is 24.5 Å². The predicted octanol–water partition coefficient (Wildman–Crippen LogP) is 1.48. The Morgan fingerprint density at radius 3 is 2.62 bits per heavy atom. The Morgan fingerprint density at radius 1 is 1.24 bits per heavy atom. The van der Waals surface area contributed by atoms with Crippen LogP contribution < -0.4 is 10.6 Å². The first kappa shape index (κ1) is 17.0. The van der Waals surface area contributed by atoms with Gasteiger partial charge in [-0.1, -0.05) is 18.2 Å². The monoisotopic (exact) mass is 310 g/mol. The fraction of sp³-hybridized carbons (Fsp3) is 0.357. The molecule has 0 bridgehead atoms. The van der Waals surface area contributed by atoms with Crippen molar-refractivity contribution in [2.24, 2.45) is 0 Å². The number of aryl methyl sites for hydroxylation is 1.